The first kappa shape index (κ1) is 17.8. The summed E-state index contributed by atoms with van der Waals surface area (Å²) in [5.41, 5.74) is 0.610. The zero-order valence-corrected chi connectivity index (χ0v) is 15.3. The van der Waals surface area contributed by atoms with Gasteiger partial charge in [-0.1, -0.05) is 13.3 Å². The Morgan fingerprint density at radius 1 is 1.24 bits per heavy atom. The number of likely N-dealkylation sites (tertiary alicyclic amines) is 2. The van der Waals surface area contributed by atoms with Gasteiger partial charge in [0.1, 0.15) is 5.82 Å². The second-order valence-electron chi connectivity index (χ2n) is 7.52. The molecule has 6 nitrogen and oxygen atoms in total. The predicted molar refractivity (Wildman–Crippen MR) is 95.1 cm³/mol. The summed E-state index contributed by atoms with van der Waals surface area (Å²) in [5.74, 6) is 0.953. The third-order valence-electron chi connectivity index (χ3n) is 5.51. The standard InChI is InChI=1S/C19H28N4O2/c1-3-4-9-22-13-19(8-6-17(22)24)7-5-10-23(14-19)18(25)16-11-20-15(2)21-12-16/h11-12H,3-10,13-14H2,1-2H3/t19-/m0/s1. The van der Waals surface area contributed by atoms with E-state index in [1.807, 2.05) is 16.7 Å². The number of aryl methyl sites for hydroxylation is 1. The van der Waals surface area contributed by atoms with Gasteiger partial charge in [-0.3, -0.25) is 9.59 Å². The molecule has 2 aliphatic heterocycles. The van der Waals surface area contributed by atoms with Crippen molar-refractivity contribution in [3.8, 4) is 0 Å². The van der Waals surface area contributed by atoms with Crippen LogP contribution in [0.1, 0.15) is 61.6 Å². The van der Waals surface area contributed by atoms with Gasteiger partial charge in [0.2, 0.25) is 5.91 Å². The molecule has 0 bridgehead atoms. The summed E-state index contributed by atoms with van der Waals surface area (Å²) < 4.78 is 0. The molecule has 136 valence electrons. The molecule has 1 aromatic heterocycles. The summed E-state index contributed by atoms with van der Waals surface area (Å²) >= 11 is 0. The minimum atomic E-state index is 0.0103. The van der Waals surface area contributed by atoms with Crippen LogP contribution in [0.2, 0.25) is 0 Å². The van der Waals surface area contributed by atoms with E-state index in [1.165, 1.54) is 0 Å². The largest absolute Gasteiger partial charge is 0.342 e. The number of carbonyl (C=O) groups excluding carboxylic acids is 2. The lowest BCUT2D eigenvalue weighted by atomic mass is 9.73. The van der Waals surface area contributed by atoms with Gasteiger partial charge in [0.25, 0.3) is 5.91 Å². The highest BCUT2D eigenvalue weighted by atomic mass is 16.2. The minimum absolute atomic E-state index is 0.0103. The molecule has 3 rings (SSSR count). The lowest BCUT2D eigenvalue weighted by Crippen LogP contribution is -2.55. The number of nitrogens with zero attached hydrogens (tertiary/aromatic N) is 4. The van der Waals surface area contributed by atoms with Crippen LogP contribution in [-0.4, -0.2) is 57.8 Å². The fourth-order valence-corrected chi connectivity index (χ4v) is 4.06. The van der Waals surface area contributed by atoms with Crippen LogP contribution in [0, 0.1) is 12.3 Å². The molecule has 1 spiro atoms. The highest BCUT2D eigenvalue weighted by Crippen LogP contribution is 2.39. The molecule has 6 heteroatoms. The van der Waals surface area contributed by atoms with Crippen LogP contribution in [0.25, 0.3) is 0 Å². The van der Waals surface area contributed by atoms with Crippen molar-refractivity contribution >= 4 is 11.8 Å². The fourth-order valence-electron chi connectivity index (χ4n) is 4.06. The molecule has 0 aliphatic carbocycles. The van der Waals surface area contributed by atoms with Crippen LogP contribution in [0.15, 0.2) is 12.4 Å². The van der Waals surface area contributed by atoms with E-state index in [-0.39, 0.29) is 17.2 Å². The first-order valence-electron chi connectivity index (χ1n) is 9.39. The molecule has 1 atom stereocenters. The molecule has 0 N–H and O–H groups in total. The molecular weight excluding hydrogens is 316 g/mol. The number of piperidine rings is 2. The zero-order chi connectivity index (χ0) is 17.9. The second kappa shape index (κ2) is 7.50. The van der Waals surface area contributed by atoms with Crippen molar-refractivity contribution in [1.82, 2.24) is 19.8 Å². The molecule has 0 saturated carbocycles. The van der Waals surface area contributed by atoms with Crippen LogP contribution in [0.5, 0.6) is 0 Å². The predicted octanol–water partition coefficient (Wildman–Crippen LogP) is 2.43. The number of unbranched alkanes of at least 4 members (excludes halogenated alkanes) is 1. The summed E-state index contributed by atoms with van der Waals surface area (Å²) in [6, 6.07) is 0. The topological polar surface area (TPSA) is 66.4 Å². The van der Waals surface area contributed by atoms with Crippen molar-refractivity contribution in [3.63, 3.8) is 0 Å². The normalized spacial score (nSPS) is 24.0. The monoisotopic (exact) mass is 344 g/mol. The quantitative estimate of drug-likeness (QED) is 0.841. The maximum Gasteiger partial charge on any atom is 0.257 e. The van der Waals surface area contributed by atoms with Crippen molar-refractivity contribution in [1.29, 1.82) is 0 Å². The maximum atomic E-state index is 12.8. The number of aromatic nitrogens is 2. The van der Waals surface area contributed by atoms with E-state index in [2.05, 4.69) is 16.9 Å². The van der Waals surface area contributed by atoms with E-state index in [0.29, 0.717) is 17.8 Å². The number of rotatable bonds is 4. The Bertz CT molecular complexity index is 631. The van der Waals surface area contributed by atoms with Crippen molar-refractivity contribution in [2.45, 2.75) is 52.4 Å². The van der Waals surface area contributed by atoms with Gasteiger partial charge in [0, 0.05) is 50.4 Å². The summed E-state index contributed by atoms with van der Waals surface area (Å²) in [7, 11) is 0. The smallest absolute Gasteiger partial charge is 0.257 e. The van der Waals surface area contributed by atoms with Gasteiger partial charge in [0.05, 0.1) is 5.56 Å². The van der Waals surface area contributed by atoms with Gasteiger partial charge < -0.3 is 9.80 Å². The zero-order valence-electron chi connectivity index (χ0n) is 15.3. The summed E-state index contributed by atoms with van der Waals surface area (Å²) in [6.45, 7) is 7.10. The molecule has 0 unspecified atom stereocenters. The van der Waals surface area contributed by atoms with Crippen LogP contribution in [-0.2, 0) is 4.79 Å². The molecule has 3 heterocycles. The molecule has 2 saturated heterocycles. The molecule has 0 radical (unpaired) electrons. The van der Waals surface area contributed by atoms with Crippen LogP contribution >= 0.6 is 0 Å². The summed E-state index contributed by atoms with van der Waals surface area (Å²) in [4.78, 5) is 37.3. The average molecular weight is 344 g/mol. The van der Waals surface area contributed by atoms with E-state index in [9.17, 15) is 9.59 Å². The Kier molecular flexibility index (Phi) is 5.35. The molecule has 2 amide bonds. The first-order chi connectivity index (χ1) is 12.0. The van der Waals surface area contributed by atoms with Crippen molar-refractivity contribution in [3.05, 3.63) is 23.8 Å². The number of hydrogen-bond acceptors (Lipinski definition) is 4. The third kappa shape index (κ3) is 3.99. The molecule has 2 fully saturated rings. The minimum Gasteiger partial charge on any atom is -0.342 e. The summed E-state index contributed by atoms with van der Waals surface area (Å²) in [5, 5.41) is 0. The van der Waals surface area contributed by atoms with E-state index < -0.39 is 0 Å². The fraction of sp³-hybridized carbons (Fsp3) is 0.684. The van der Waals surface area contributed by atoms with Crippen LogP contribution in [0.4, 0.5) is 0 Å². The maximum absolute atomic E-state index is 12.8. The van der Waals surface area contributed by atoms with Gasteiger partial charge in [-0.05, 0) is 32.6 Å². The second-order valence-corrected chi connectivity index (χ2v) is 7.52. The van der Waals surface area contributed by atoms with Gasteiger partial charge in [0.15, 0.2) is 0 Å². The Morgan fingerprint density at radius 3 is 2.72 bits per heavy atom. The average Bonchev–Trinajstić information content (AvgIpc) is 2.63. The third-order valence-corrected chi connectivity index (χ3v) is 5.51. The van der Waals surface area contributed by atoms with Gasteiger partial charge in [-0.15, -0.1) is 0 Å². The molecule has 2 aliphatic rings. The van der Waals surface area contributed by atoms with Crippen molar-refractivity contribution in [2.24, 2.45) is 5.41 Å². The Hall–Kier alpha value is -1.98. The first-order valence-corrected chi connectivity index (χ1v) is 9.39. The highest BCUT2D eigenvalue weighted by molar-refractivity contribution is 5.93. The van der Waals surface area contributed by atoms with E-state index in [1.54, 1.807) is 12.4 Å². The lowest BCUT2D eigenvalue weighted by Gasteiger charge is -2.48. The summed E-state index contributed by atoms with van der Waals surface area (Å²) in [6.07, 6.45) is 8.96. The molecular formula is C19H28N4O2. The van der Waals surface area contributed by atoms with Crippen LogP contribution < -0.4 is 0 Å². The highest BCUT2D eigenvalue weighted by Gasteiger charge is 2.42. The van der Waals surface area contributed by atoms with Crippen molar-refractivity contribution < 1.29 is 9.59 Å². The Labute approximate surface area is 149 Å². The Morgan fingerprint density at radius 2 is 2.00 bits per heavy atom. The Balaban J connectivity index is 1.70. The molecule has 1 aromatic rings. The molecule has 25 heavy (non-hydrogen) atoms. The van der Waals surface area contributed by atoms with Crippen molar-refractivity contribution in [2.75, 3.05) is 26.2 Å². The van der Waals surface area contributed by atoms with E-state index >= 15 is 0 Å². The van der Waals surface area contributed by atoms with Gasteiger partial charge >= 0.3 is 0 Å². The van der Waals surface area contributed by atoms with Gasteiger partial charge in [-0.2, -0.15) is 0 Å². The van der Waals surface area contributed by atoms with E-state index in [4.69, 9.17) is 0 Å². The number of carbonyl (C=O) groups is 2. The van der Waals surface area contributed by atoms with Gasteiger partial charge in [-0.25, -0.2) is 9.97 Å². The van der Waals surface area contributed by atoms with E-state index in [0.717, 1.165) is 58.3 Å². The lowest BCUT2D eigenvalue weighted by molar-refractivity contribution is -0.139. The number of amides is 2. The molecule has 0 aromatic carbocycles. The SMILES string of the molecule is CCCCN1C[C@]2(CCCN(C(=O)c3cnc(C)nc3)C2)CCC1=O. The number of hydrogen-bond donors (Lipinski definition) is 0. The van der Waals surface area contributed by atoms with Crippen LogP contribution in [0.3, 0.4) is 0 Å².